The van der Waals surface area contributed by atoms with Crippen molar-refractivity contribution in [1.82, 2.24) is 9.97 Å². The van der Waals surface area contributed by atoms with Gasteiger partial charge in [-0.3, -0.25) is 0 Å². The summed E-state index contributed by atoms with van der Waals surface area (Å²) in [5.41, 5.74) is 1.66. The van der Waals surface area contributed by atoms with Gasteiger partial charge in [0.25, 0.3) is 0 Å². The van der Waals surface area contributed by atoms with Gasteiger partial charge < -0.3 is 4.74 Å². The van der Waals surface area contributed by atoms with Crippen molar-refractivity contribution in [2.75, 3.05) is 7.11 Å². The number of halogens is 2. The monoisotopic (exact) mass is 348 g/mol. The number of hydrogen-bond donors (Lipinski definition) is 0. The molecule has 3 aromatic rings. The molecule has 0 fully saturated rings. The number of benzene rings is 2. The highest BCUT2D eigenvalue weighted by Gasteiger charge is 2.10. The lowest BCUT2D eigenvalue weighted by Gasteiger charge is -2.07. The summed E-state index contributed by atoms with van der Waals surface area (Å²) in [6, 6.07) is 13.3. The van der Waals surface area contributed by atoms with Crippen LogP contribution in [0.4, 0.5) is 0 Å². The lowest BCUT2D eigenvalue weighted by molar-refractivity contribution is 0.415. The smallest absolute Gasteiger partial charge is 0.161 e. The van der Waals surface area contributed by atoms with E-state index in [1.54, 1.807) is 7.11 Å². The third-order valence-electron chi connectivity index (χ3n) is 2.96. The maximum atomic E-state index is 6.25. The normalized spacial score (nSPS) is 10.8. The highest BCUT2D eigenvalue weighted by Crippen LogP contribution is 2.30. The summed E-state index contributed by atoms with van der Waals surface area (Å²) < 4.78 is 6.11. The molecule has 100 valence electrons. The zero-order valence-electron chi connectivity index (χ0n) is 10.6. The van der Waals surface area contributed by atoms with Crippen LogP contribution in [-0.4, -0.2) is 17.1 Å². The Morgan fingerprint density at radius 3 is 2.70 bits per heavy atom. The molecule has 0 aliphatic rings. The van der Waals surface area contributed by atoms with Crippen molar-refractivity contribution in [3.63, 3.8) is 0 Å². The molecule has 0 spiro atoms. The van der Waals surface area contributed by atoms with Gasteiger partial charge in [0.1, 0.15) is 10.9 Å². The molecule has 0 saturated carbocycles. The second-order valence-electron chi connectivity index (χ2n) is 4.21. The van der Waals surface area contributed by atoms with Crippen LogP contribution in [0.5, 0.6) is 5.75 Å². The first-order valence-electron chi connectivity index (χ1n) is 5.95. The Balaban J connectivity index is 2.24. The summed E-state index contributed by atoms with van der Waals surface area (Å²) in [6.07, 6.45) is 0. The van der Waals surface area contributed by atoms with E-state index in [-0.39, 0.29) is 0 Å². The van der Waals surface area contributed by atoms with Crippen LogP contribution in [0, 0.1) is 0 Å². The number of rotatable bonds is 2. The van der Waals surface area contributed by atoms with E-state index in [9.17, 15) is 0 Å². The van der Waals surface area contributed by atoms with Gasteiger partial charge in [0.15, 0.2) is 5.82 Å². The number of hydrogen-bond acceptors (Lipinski definition) is 3. The van der Waals surface area contributed by atoms with Gasteiger partial charge in [-0.25, -0.2) is 9.97 Å². The molecular weight excluding hydrogens is 340 g/mol. The molecule has 0 atom stereocenters. The number of methoxy groups -OCH3 is 1. The van der Waals surface area contributed by atoms with E-state index in [1.807, 2.05) is 42.5 Å². The van der Waals surface area contributed by atoms with Crippen LogP contribution in [0.3, 0.4) is 0 Å². The number of fused-ring (bicyclic) bond motifs is 1. The van der Waals surface area contributed by atoms with E-state index < -0.39 is 0 Å². The van der Waals surface area contributed by atoms with Gasteiger partial charge in [-0.2, -0.15) is 0 Å². The molecule has 0 radical (unpaired) electrons. The van der Waals surface area contributed by atoms with Gasteiger partial charge in [-0.15, -0.1) is 0 Å². The zero-order chi connectivity index (χ0) is 14.1. The first-order valence-corrected chi connectivity index (χ1v) is 7.12. The molecule has 2 aromatic carbocycles. The number of nitrogens with zero attached hydrogens (tertiary/aromatic N) is 2. The third kappa shape index (κ3) is 2.37. The van der Waals surface area contributed by atoms with Crippen molar-refractivity contribution in [2.24, 2.45) is 0 Å². The molecule has 5 heteroatoms. The molecule has 0 aliphatic carbocycles. The van der Waals surface area contributed by atoms with Crippen molar-refractivity contribution < 1.29 is 4.74 Å². The van der Waals surface area contributed by atoms with E-state index in [4.69, 9.17) is 16.3 Å². The van der Waals surface area contributed by atoms with Crippen LogP contribution in [-0.2, 0) is 0 Å². The molecule has 0 N–H and O–H groups in total. The topological polar surface area (TPSA) is 35.0 Å². The second kappa shape index (κ2) is 5.38. The summed E-state index contributed by atoms with van der Waals surface area (Å²) in [5.74, 6) is 1.34. The van der Waals surface area contributed by atoms with E-state index in [1.165, 1.54) is 0 Å². The van der Waals surface area contributed by atoms with Gasteiger partial charge in [0.2, 0.25) is 0 Å². The first kappa shape index (κ1) is 13.3. The minimum Gasteiger partial charge on any atom is -0.497 e. The Morgan fingerprint density at radius 1 is 1.10 bits per heavy atom. The standard InChI is InChI=1S/C15H10BrClN2O/c1-20-10-5-2-4-9(8-10)15-18-13-11(14(17)19-15)6-3-7-12(13)16/h2-8H,1H3. The second-order valence-corrected chi connectivity index (χ2v) is 5.42. The molecule has 1 aromatic heterocycles. The maximum absolute atomic E-state index is 6.25. The predicted molar refractivity (Wildman–Crippen MR) is 84.2 cm³/mol. The largest absolute Gasteiger partial charge is 0.497 e. The fraction of sp³-hybridized carbons (Fsp3) is 0.0667. The van der Waals surface area contributed by atoms with Gasteiger partial charge >= 0.3 is 0 Å². The summed E-state index contributed by atoms with van der Waals surface area (Å²) in [6.45, 7) is 0. The Labute approximate surface area is 129 Å². The molecule has 3 nitrogen and oxygen atoms in total. The Morgan fingerprint density at radius 2 is 1.90 bits per heavy atom. The highest BCUT2D eigenvalue weighted by atomic mass is 79.9. The zero-order valence-corrected chi connectivity index (χ0v) is 12.9. The first-order chi connectivity index (χ1) is 9.69. The number of ether oxygens (including phenoxy) is 1. The summed E-state index contributed by atoms with van der Waals surface area (Å²) in [7, 11) is 1.63. The van der Waals surface area contributed by atoms with Gasteiger partial charge in [-0.1, -0.05) is 29.8 Å². The van der Waals surface area contributed by atoms with Gasteiger partial charge in [0, 0.05) is 15.4 Å². The van der Waals surface area contributed by atoms with Crippen molar-refractivity contribution >= 4 is 38.4 Å². The molecule has 0 aliphatic heterocycles. The van der Waals surface area contributed by atoms with Crippen LogP contribution in [0.2, 0.25) is 5.15 Å². The lowest BCUT2D eigenvalue weighted by Crippen LogP contribution is -1.93. The minimum absolute atomic E-state index is 0.439. The third-order valence-corrected chi connectivity index (χ3v) is 3.89. The number of aromatic nitrogens is 2. The van der Waals surface area contributed by atoms with Crippen molar-refractivity contribution in [3.8, 4) is 17.1 Å². The molecule has 1 heterocycles. The summed E-state index contributed by atoms with van der Waals surface area (Å²) in [4.78, 5) is 8.95. The highest BCUT2D eigenvalue weighted by molar-refractivity contribution is 9.10. The number of para-hydroxylation sites is 1. The Kier molecular flexibility index (Phi) is 3.59. The molecule has 0 unspecified atom stereocenters. The molecule has 20 heavy (non-hydrogen) atoms. The van der Waals surface area contributed by atoms with E-state index in [0.717, 1.165) is 26.7 Å². The SMILES string of the molecule is COc1cccc(-c2nc(Cl)c3cccc(Br)c3n2)c1. The Bertz CT molecular complexity index is 792. The molecule has 3 rings (SSSR count). The van der Waals surface area contributed by atoms with Crippen LogP contribution in [0.25, 0.3) is 22.3 Å². The average Bonchev–Trinajstić information content (AvgIpc) is 2.48. The van der Waals surface area contributed by atoms with E-state index >= 15 is 0 Å². The van der Waals surface area contributed by atoms with E-state index in [2.05, 4.69) is 25.9 Å². The maximum Gasteiger partial charge on any atom is 0.161 e. The average molecular weight is 350 g/mol. The molecular formula is C15H10BrClN2O. The van der Waals surface area contributed by atoms with Crippen molar-refractivity contribution in [2.45, 2.75) is 0 Å². The van der Waals surface area contributed by atoms with Crippen molar-refractivity contribution in [1.29, 1.82) is 0 Å². The fourth-order valence-electron chi connectivity index (χ4n) is 1.97. The van der Waals surface area contributed by atoms with Gasteiger partial charge in [-0.05, 0) is 40.2 Å². The summed E-state index contributed by atoms with van der Waals surface area (Å²) >= 11 is 9.75. The summed E-state index contributed by atoms with van der Waals surface area (Å²) in [5, 5.41) is 1.27. The van der Waals surface area contributed by atoms with E-state index in [0.29, 0.717) is 11.0 Å². The molecule has 0 amide bonds. The minimum atomic E-state index is 0.439. The Hall–Kier alpha value is -1.65. The predicted octanol–water partition coefficient (Wildman–Crippen LogP) is 4.72. The van der Waals surface area contributed by atoms with Crippen LogP contribution >= 0.6 is 27.5 Å². The van der Waals surface area contributed by atoms with Gasteiger partial charge in [0.05, 0.1) is 12.6 Å². The van der Waals surface area contributed by atoms with Crippen LogP contribution < -0.4 is 4.74 Å². The lowest BCUT2D eigenvalue weighted by atomic mass is 10.2. The van der Waals surface area contributed by atoms with Crippen LogP contribution in [0.1, 0.15) is 0 Å². The van der Waals surface area contributed by atoms with Crippen LogP contribution in [0.15, 0.2) is 46.9 Å². The quantitative estimate of drug-likeness (QED) is 0.628. The van der Waals surface area contributed by atoms with Crippen molar-refractivity contribution in [3.05, 3.63) is 52.1 Å². The fourth-order valence-corrected chi connectivity index (χ4v) is 2.66. The molecule has 0 saturated heterocycles. The molecule has 0 bridgehead atoms.